The number of hydrogen-bond acceptors (Lipinski definition) is 4. The topological polar surface area (TPSA) is 77.2 Å². The van der Waals surface area contributed by atoms with Crippen LogP contribution in [0.2, 0.25) is 0 Å². The fraction of sp³-hybridized carbons (Fsp3) is 0.400. The minimum atomic E-state index is -0.514. The van der Waals surface area contributed by atoms with Crippen LogP contribution in [0.1, 0.15) is 15.9 Å². The molecule has 0 bridgehead atoms. The Hall–Kier alpha value is -1.62. The van der Waals surface area contributed by atoms with Crippen molar-refractivity contribution in [3.8, 4) is 5.88 Å². The first kappa shape index (κ1) is 11.5. The van der Waals surface area contributed by atoms with Gasteiger partial charge in [0.15, 0.2) is 0 Å². The smallest absolute Gasteiger partial charge is 0.254 e. The Kier molecular flexibility index (Phi) is 4.05. The lowest BCUT2D eigenvalue weighted by molar-refractivity contribution is 0.0995. The molecule has 1 rings (SSSR count). The number of aromatic nitrogens is 1. The zero-order chi connectivity index (χ0) is 11.3. The number of nitrogens with one attached hydrogen (secondary N) is 1. The van der Waals surface area contributed by atoms with Crippen LogP contribution in [0, 0.1) is 6.92 Å². The van der Waals surface area contributed by atoms with Gasteiger partial charge in [0.05, 0.1) is 0 Å². The summed E-state index contributed by atoms with van der Waals surface area (Å²) in [6.45, 7) is 2.94. The maximum absolute atomic E-state index is 11.2. The number of pyridine rings is 1. The van der Waals surface area contributed by atoms with Crippen LogP contribution >= 0.6 is 0 Å². The van der Waals surface area contributed by atoms with Gasteiger partial charge >= 0.3 is 0 Å². The van der Waals surface area contributed by atoms with Gasteiger partial charge in [0.25, 0.3) is 5.91 Å². The molecule has 1 aromatic rings. The second-order valence-electron chi connectivity index (χ2n) is 3.12. The Morgan fingerprint density at radius 2 is 2.40 bits per heavy atom. The van der Waals surface area contributed by atoms with E-state index in [-0.39, 0.29) is 0 Å². The molecule has 0 saturated carbocycles. The van der Waals surface area contributed by atoms with Crippen molar-refractivity contribution in [1.29, 1.82) is 0 Å². The molecule has 0 saturated heterocycles. The summed E-state index contributed by atoms with van der Waals surface area (Å²) in [6.07, 6.45) is 1.59. The highest BCUT2D eigenvalue weighted by molar-refractivity contribution is 5.96. The van der Waals surface area contributed by atoms with E-state index in [1.807, 2.05) is 7.05 Å². The van der Waals surface area contributed by atoms with E-state index >= 15 is 0 Å². The molecule has 1 heterocycles. The number of aryl methyl sites for hydroxylation is 1. The number of carbonyl (C=O) groups excluding carboxylic acids is 1. The van der Waals surface area contributed by atoms with Crippen LogP contribution in [0.3, 0.4) is 0 Å². The van der Waals surface area contributed by atoms with E-state index in [0.717, 1.165) is 5.56 Å². The molecule has 0 aliphatic heterocycles. The predicted molar refractivity (Wildman–Crippen MR) is 56.9 cm³/mol. The van der Waals surface area contributed by atoms with Crippen molar-refractivity contribution in [1.82, 2.24) is 10.3 Å². The first-order chi connectivity index (χ1) is 7.16. The maximum atomic E-state index is 11.2. The van der Waals surface area contributed by atoms with Crippen LogP contribution < -0.4 is 15.8 Å². The van der Waals surface area contributed by atoms with E-state index in [1.165, 1.54) is 0 Å². The number of amides is 1. The molecule has 0 fully saturated rings. The Balaban J connectivity index is 2.86. The summed E-state index contributed by atoms with van der Waals surface area (Å²) in [5, 5.41) is 2.93. The molecule has 0 aliphatic rings. The van der Waals surface area contributed by atoms with Gasteiger partial charge in [-0.3, -0.25) is 4.79 Å². The van der Waals surface area contributed by atoms with Crippen molar-refractivity contribution in [2.24, 2.45) is 5.73 Å². The molecule has 5 heteroatoms. The third kappa shape index (κ3) is 2.92. The Bertz CT molecular complexity index is 353. The predicted octanol–water partition coefficient (Wildman–Crippen LogP) is 0.0871. The van der Waals surface area contributed by atoms with Gasteiger partial charge in [-0.05, 0) is 25.6 Å². The molecule has 0 atom stereocenters. The van der Waals surface area contributed by atoms with Crippen molar-refractivity contribution in [3.63, 3.8) is 0 Å². The molecular weight excluding hydrogens is 194 g/mol. The van der Waals surface area contributed by atoms with Gasteiger partial charge in [0.1, 0.15) is 12.2 Å². The average molecular weight is 209 g/mol. The molecule has 0 unspecified atom stereocenters. The number of nitrogens with zero attached hydrogens (tertiary/aromatic N) is 1. The number of carbonyl (C=O) groups is 1. The number of hydrogen-bond donors (Lipinski definition) is 2. The molecule has 5 nitrogen and oxygen atoms in total. The number of ether oxygens (including phenoxy) is 1. The molecule has 0 radical (unpaired) electrons. The van der Waals surface area contributed by atoms with Gasteiger partial charge in [-0.15, -0.1) is 0 Å². The summed E-state index contributed by atoms with van der Waals surface area (Å²) in [5.74, 6) is -0.210. The van der Waals surface area contributed by atoms with Crippen molar-refractivity contribution in [2.45, 2.75) is 6.92 Å². The highest BCUT2D eigenvalue weighted by Gasteiger charge is 2.13. The van der Waals surface area contributed by atoms with E-state index < -0.39 is 5.91 Å². The third-order valence-electron chi connectivity index (χ3n) is 1.96. The Morgan fingerprint density at radius 1 is 1.67 bits per heavy atom. The zero-order valence-electron chi connectivity index (χ0n) is 8.91. The van der Waals surface area contributed by atoms with Gasteiger partial charge in [0.2, 0.25) is 5.88 Å². The minimum absolute atomic E-state index is 0.303. The summed E-state index contributed by atoms with van der Waals surface area (Å²) < 4.78 is 5.35. The van der Waals surface area contributed by atoms with E-state index in [0.29, 0.717) is 24.6 Å². The van der Waals surface area contributed by atoms with Crippen molar-refractivity contribution < 1.29 is 9.53 Å². The second kappa shape index (κ2) is 5.31. The van der Waals surface area contributed by atoms with Crippen LogP contribution in [-0.4, -0.2) is 31.1 Å². The van der Waals surface area contributed by atoms with E-state index in [9.17, 15) is 4.79 Å². The van der Waals surface area contributed by atoms with Gasteiger partial charge in [-0.25, -0.2) is 4.98 Å². The monoisotopic (exact) mass is 209 g/mol. The summed E-state index contributed by atoms with van der Waals surface area (Å²) in [4.78, 5) is 15.1. The lowest BCUT2D eigenvalue weighted by atomic mass is 10.1. The first-order valence-electron chi connectivity index (χ1n) is 4.69. The SMILES string of the molecule is CNCCOc1nccc(C)c1C(N)=O. The Morgan fingerprint density at radius 3 is 3.00 bits per heavy atom. The van der Waals surface area contributed by atoms with Crippen LogP contribution in [0.25, 0.3) is 0 Å². The van der Waals surface area contributed by atoms with E-state index in [1.54, 1.807) is 19.2 Å². The van der Waals surface area contributed by atoms with Crippen LogP contribution in [0.5, 0.6) is 5.88 Å². The molecular formula is C10H15N3O2. The number of primary amides is 1. The molecule has 0 aliphatic carbocycles. The van der Waals surface area contributed by atoms with Gasteiger partial charge in [-0.1, -0.05) is 0 Å². The summed E-state index contributed by atoms with van der Waals surface area (Å²) in [7, 11) is 1.82. The first-order valence-corrected chi connectivity index (χ1v) is 4.69. The third-order valence-corrected chi connectivity index (χ3v) is 1.96. The summed E-state index contributed by atoms with van der Waals surface area (Å²) in [6, 6.07) is 1.73. The maximum Gasteiger partial charge on any atom is 0.254 e. The minimum Gasteiger partial charge on any atom is -0.476 e. The Labute approximate surface area is 88.6 Å². The van der Waals surface area contributed by atoms with Crippen LogP contribution in [0.15, 0.2) is 12.3 Å². The standard InChI is InChI=1S/C10H15N3O2/c1-7-3-4-13-10(8(7)9(11)14)15-6-5-12-2/h3-4,12H,5-6H2,1-2H3,(H2,11,14). The second-order valence-corrected chi connectivity index (χ2v) is 3.12. The molecule has 1 amide bonds. The molecule has 15 heavy (non-hydrogen) atoms. The fourth-order valence-electron chi connectivity index (χ4n) is 1.19. The zero-order valence-corrected chi connectivity index (χ0v) is 8.91. The molecule has 0 spiro atoms. The van der Waals surface area contributed by atoms with Gasteiger partial charge in [-0.2, -0.15) is 0 Å². The van der Waals surface area contributed by atoms with Crippen molar-refractivity contribution >= 4 is 5.91 Å². The van der Waals surface area contributed by atoms with Crippen LogP contribution in [0.4, 0.5) is 0 Å². The number of rotatable bonds is 5. The van der Waals surface area contributed by atoms with E-state index in [2.05, 4.69) is 10.3 Å². The van der Waals surface area contributed by atoms with Crippen molar-refractivity contribution in [3.05, 3.63) is 23.4 Å². The highest BCUT2D eigenvalue weighted by atomic mass is 16.5. The molecule has 82 valence electrons. The lowest BCUT2D eigenvalue weighted by Crippen LogP contribution is -2.20. The molecule has 0 aromatic carbocycles. The quantitative estimate of drug-likeness (QED) is 0.674. The van der Waals surface area contributed by atoms with Gasteiger partial charge in [0, 0.05) is 12.7 Å². The van der Waals surface area contributed by atoms with Crippen molar-refractivity contribution in [2.75, 3.05) is 20.2 Å². The lowest BCUT2D eigenvalue weighted by Gasteiger charge is -2.09. The fourth-order valence-corrected chi connectivity index (χ4v) is 1.19. The highest BCUT2D eigenvalue weighted by Crippen LogP contribution is 2.17. The largest absolute Gasteiger partial charge is 0.476 e. The van der Waals surface area contributed by atoms with Crippen LogP contribution in [-0.2, 0) is 0 Å². The molecule has 3 N–H and O–H groups in total. The number of nitrogens with two attached hydrogens (primary N) is 1. The average Bonchev–Trinajstić information content (AvgIpc) is 2.17. The normalized spacial score (nSPS) is 10.0. The van der Waals surface area contributed by atoms with E-state index in [4.69, 9.17) is 10.5 Å². The molecule has 1 aromatic heterocycles. The van der Waals surface area contributed by atoms with Gasteiger partial charge < -0.3 is 15.8 Å². The summed E-state index contributed by atoms with van der Waals surface area (Å²) in [5.41, 5.74) is 6.38. The number of likely N-dealkylation sites (N-methyl/N-ethyl adjacent to an activating group) is 1. The summed E-state index contributed by atoms with van der Waals surface area (Å²) >= 11 is 0.